The molecular formula is C13H9N5O3. The molecule has 0 fully saturated rings. The van der Waals surface area contributed by atoms with Crippen LogP contribution in [0.4, 0.5) is 0 Å². The van der Waals surface area contributed by atoms with Gasteiger partial charge in [0.05, 0.1) is 6.26 Å². The number of rotatable bonds is 2. The molecule has 8 heteroatoms. The van der Waals surface area contributed by atoms with Gasteiger partial charge in [-0.15, -0.1) is 0 Å². The number of H-pyrrole nitrogens is 2. The normalized spacial score (nSPS) is 10.5. The summed E-state index contributed by atoms with van der Waals surface area (Å²) in [6, 6.07) is 6.35. The molecule has 0 atom stereocenters. The number of hydrogen-bond donors (Lipinski definition) is 2. The van der Waals surface area contributed by atoms with Gasteiger partial charge in [0.2, 0.25) is 5.95 Å². The van der Waals surface area contributed by atoms with Gasteiger partial charge in [-0.25, -0.2) is 4.98 Å². The Kier molecular flexibility index (Phi) is 2.80. The lowest BCUT2D eigenvalue weighted by molar-refractivity contribution is 0.578. The Balaban J connectivity index is 2.31. The molecule has 0 aromatic carbocycles. The van der Waals surface area contributed by atoms with Gasteiger partial charge in [0.25, 0.3) is 11.1 Å². The highest BCUT2D eigenvalue weighted by atomic mass is 16.3. The van der Waals surface area contributed by atoms with Crippen LogP contribution in [0.15, 0.2) is 38.5 Å². The molecule has 3 aromatic rings. The third-order valence-corrected chi connectivity index (χ3v) is 2.83. The predicted molar refractivity (Wildman–Crippen MR) is 72.0 cm³/mol. The fraction of sp³-hybridized carbons (Fsp3) is 0.0769. The molecule has 0 aliphatic rings. The smallest absolute Gasteiger partial charge is 0.274 e. The maximum absolute atomic E-state index is 12.0. The summed E-state index contributed by atoms with van der Waals surface area (Å²) in [7, 11) is 0. The molecule has 0 aliphatic carbocycles. The van der Waals surface area contributed by atoms with Crippen LogP contribution in [-0.2, 0) is 0 Å². The number of aromatic amines is 2. The van der Waals surface area contributed by atoms with Gasteiger partial charge in [0.15, 0.2) is 5.76 Å². The number of furan rings is 1. The van der Waals surface area contributed by atoms with Gasteiger partial charge in [-0.2, -0.15) is 9.94 Å². The molecule has 0 bridgehead atoms. The summed E-state index contributed by atoms with van der Waals surface area (Å²) >= 11 is 0. The minimum absolute atomic E-state index is 0.0106. The fourth-order valence-electron chi connectivity index (χ4n) is 1.93. The second-order valence-electron chi connectivity index (χ2n) is 4.32. The molecule has 104 valence electrons. The number of hydrogen-bond acceptors (Lipinski definition) is 5. The van der Waals surface area contributed by atoms with Crippen molar-refractivity contribution < 1.29 is 4.42 Å². The van der Waals surface area contributed by atoms with Crippen molar-refractivity contribution in [3.05, 3.63) is 56.4 Å². The van der Waals surface area contributed by atoms with Gasteiger partial charge < -0.3 is 4.42 Å². The van der Waals surface area contributed by atoms with Crippen LogP contribution in [0.5, 0.6) is 0 Å². The van der Waals surface area contributed by atoms with Crippen molar-refractivity contribution in [3.63, 3.8) is 0 Å². The van der Waals surface area contributed by atoms with Gasteiger partial charge in [0, 0.05) is 11.8 Å². The van der Waals surface area contributed by atoms with E-state index >= 15 is 0 Å². The molecule has 3 rings (SSSR count). The highest BCUT2D eigenvalue weighted by molar-refractivity contribution is 5.61. The summed E-state index contributed by atoms with van der Waals surface area (Å²) in [5, 5.41) is 11.8. The second-order valence-corrected chi connectivity index (χ2v) is 4.32. The first kappa shape index (κ1) is 12.7. The zero-order valence-corrected chi connectivity index (χ0v) is 10.9. The molecule has 8 nitrogen and oxygen atoms in total. The summed E-state index contributed by atoms with van der Waals surface area (Å²) in [5.41, 5.74) is -0.490. The van der Waals surface area contributed by atoms with Crippen LogP contribution in [0.2, 0.25) is 0 Å². The molecule has 0 amide bonds. The third kappa shape index (κ3) is 2.06. The van der Waals surface area contributed by atoms with Crippen molar-refractivity contribution >= 4 is 0 Å². The lowest BCUT2D eigenvalue weighted by Crippen LogP contribution is -2.23. The average Bonchev–Trinajstić information content (AvgIpc) is 3.07. The highest BCUT2D eigenvalue weighted by Crippen LogP contribution is 2.19. The molecular weight excluding hydrogens is 274 g/mol. The van der Waals surface area contributed by atoms with Crippen molar-refractivity contribution in [1.29, 1.82) is 5.26 Å². The Morgan fingerprint density at radius 3 is 2.81 bits per heavy atom. The second kappa shape index (κ2) is 4.64. The Bertz CT molecular complexity index is 953. The van der Waals surface area contributed by atoms with Crippen LogP contribution in [0, 0.1) is 18.3 Å². The molecule has 3 aromatic heterocycles. The summed E-state index contributed by atoms with van der Waals surface area (Å²) in [6.45, 7) is 1.70. The molecule has 2 N–H and O–H groups in total. The number of aryl methyl sites for hydroxylation is 1. The molecule has 0 spiro atoms. The maximum Gasteiger partial charge on any atom is 0.274 e. The van der Waals surface area contributed by atoms with Crippen molar-refractivity contribution in [2.45, 2.75) is 6.92 Å². The molecule has 0 saturated carbocycles. The molecule has 21 heavy (non-hydrogen) atoms. The van der Waals surface area contributed by atoms with Crippen molar-refractivity contribution in [1.82, 2.24) is 19.7 Å². The van der Waals surface area contributed by atoms with Crippen LogP contribution < -0.4 is 11.1 Å². The Morgan fingerprint density at radius 2 is 2.24 bits per heavy atom. The van der Waals surface area contributed by atoms with Gasteiger partial charge in [-0.1, -0.05) is 0 Å². The average molecular weight is 283 g/mol. The van der Waals surface area contributed by atoms with Gasteiger partial charge in [-0.3, -0.25) is 19.7 Å². The molecule has 0 saturated heterocycles. The summed E-state index contributed by atoms with van der Waals surface area (Å²) in [4.78, 5) is 30.3. The first-order valence-electron chi connectivity index (χ1n) is 5.97. The van der Waals surface area contributed by atoms with E-state index < -0.39 is 5.56 Å². The SMILES string of the molecule is Cc1cc(=O)n(-c2nc(-c3ccco3)c(C#N)c(=O)[nH]2)[nH]1. The summed E-state index contributed by atoms with van der Waals surface area (Å²) < 4.78 is 6.27. The quantitative estimate of drug-likeness (QED) is 0.716. The molecule has 3 heterocycles. The summed E-state index contributed by atoms with van der Waals surface area (Å²) in [5.74, 6) is 0.263. The maximum atomic E-state index is 12.0. The standard InChI is InChI=1S/C13H9N5O3/c1-7-5-10(19)18(17-7)13-15-11(9-3-2-4-21-9)8(6-14)12(20)16-13/h2-5,17H,1H3,(H,15,16,20). The van der Waals surface area contributed by atoms with Crippen molar-refractivity contribution in [3.8, 4) is 23.5 Å². The van der Waals surface area contributed by atoms with Crippen LogP contribution >= 0.6 is 0 Å². The Labute approximate surface area is 117 Å². The largest absolute Gasteiger partial charge is 0.463 e. The molecule has 0 unspecified atom stereocenters. The van der Waals surface area contributed by atoms with E-state index in [4.69, 9.17) is 9.68 Å². The Hall–Kier alpha value is -3.34. The van der Waals surface area contributed by atoms with E-state index in [-0.39, 0.29) is 28.5 Å². The first-order chi connectivity index (χ1) is 10.1. The van der Waals surface area contributed by atoms with Crippen LogP contribution in [0.25, 0.3) is 17.4 Å². The third-order valence-electron chi connectivity index (χ3n) is 2.83. The highest BCUT2D eigenvalue weighted by Gasteiger charge is 2.17. The lowest BCUT2D eigenvalue weighted by Gasteiger charge is -2.04. The Morgan fingerprint density at radius 1 is 1.43 bits per heavy atom. The van der Waals surface area contributed by atoms with Crippen LogP contribution in [0.3, 0.4) is 0 Å². The van der Waals surface area contributed by atoms with E-state index in [9.17, 15) is 9.59 Å². The van der Waals surface area contributed by atoms with E-state index in [0.29, 0.717) is 5.69 Å². The van der Waals surface area contributed by atoms with Crippen molar-refractivity contribution in [2.24, 2.45) is 0 Å². The van der Waals surface area contributed by atoms with E-state index in [0.717, 1.165) is 4.68 Å². The van der Waals surface area contributed by atoms with Gasteiger partial charge in [-0.05, 0) is 19.1 Å². The minimum atomic E-state index is -0.645. The predicted octanol–water partition coefficient (Wildman–Crippen LogP) is 0.689. The molecule has 0 radical (unpaired) electrons. The zero-order valence-electron chi connectivity index (χ0n) is 10.9. The summed E-state index contributed by atoms with van der Waals surface area (Å²) in [6.07, 6.45) is 1.41. The van der Waals surface area contributed by atoms with E-state index in [1.165, 1.54) is 12.3 Å². The minimum Gasteiger partial charge on any atom is -0.463 e. The van der Waals surface area contributed by atoms with Crippen LogP contribution in [0.1, 0.15) is 11.3 Å². The zero-order chi connectivity index (χ0) is 15.0. The van der Waals surface area contributed by atoms with E-state index in [2.05, 4.69) is 15.1 Å². The number of nitrogens with one attached hydrogen (secondary N) is 2. The fourth-order valence-corrected chi connectivity index (χ4v) is 1.93. The topological polar surface area (TPSA) is 120 Å². The van der Waals surface area contributed by atoms with Crippen molar-refractivity contribution in [2.75, 3.05) is 0 Å². The van der Waals surface area contributed by atoms with Gasteiger partial charge in [0.1, 0.15) is 17.3 Å². The van der Waals surface area contributed by atoms with E-state index in [1.807, 2.05) is 0 Å². The van der Waals surface area contributed by atoms with Crippen LogP contribution in [-0.4, -0.2) is 19.7 Å². The number of aromatic nitrogens is 4. The monoisotopic (exact) mass is 283 g/mol. The van der Waals surface area contributed by atoms with E-state index in [1.54, 1.807) is 25.1 Å². The number of nitrogens with zero attached hydrogens (tertiary/aromatic N) is 3. The first-order valence-corrected chi connectivity index (χ1v) is 5.97. The lowest BCUT2D eigenvalue weighted by atomic mass is 10.2. The number of nitriles is 1. The molecule has 0 aliphatic heterocycles. The van der Waals surface area contributed by atoms with Gasteiger partial charge >= 0.3 is 0 Å².